The van der Waals surface area contributed by atoms with Crippen molar-refractivity contribution in [3.8, 4) is 0 Å². The maximum atomic E-state index is 12.0. The van der Waals surface area contributed by atoms with Crippen molar-refractivity contribution in [3.05, 3.63) is 58.3 Å². The average Bonchev–Trinajstić information content (AvgIpc) is 2.47. The molecule has 2 rings (SSSR count). The van der Waals surface area contributed by atoms with E-state index in [1.807, 2.05) is 25.1 Å². The zero-order valence-corrected chi connectivity index (χ0v) is 13.8. The van der Waals surface area contributed by atoms with E-state index >= 15 is 0 Å². The highest BCUT2D eigenvalue weighted by Crippen LogP contribution is 2.13. The Bertz CT molecular complexity index is 703. The molecule has 0 aliphatic rings. The molecule has 0 bridgehead atoms. The Morgan fingerprint density at radius 3 is 2.73 bits per heavy atom. The molecular weight excluding hydrogens is 348 g/mol. The van der Waals surface area contributed by atoms with Gasteiger partial charge in [0.2, 0.25) is 0 Å². The van der Waals surface area contributed by atoms with Gasteiger partial charge in [-0.05, 0) is 53.5 Å². The van der Waals surface area contributed by atoms with Gasteiger partial charge in [-0.3, -0.25) is 9.78 Å². The Morgan fingerprint density at radius 2 is 2.05 bits per heavy atom. The normalized spacial score (nSPS) is 11.6. The fourth-order valence-corrected chi connectivity index (χ4v) is 2.14. The van der Waals surface area contributed by atoms with Crippen molar-refractivity contribution in [1.82, 2.24) is 4.98 Å². The van der Waals surface area contributed by atoms with Crippen LogP contribution in [0.3, 0.4) is 0 Å². The van der Waals surface area contributed by atoms with Crippen molar-refractivity contribution in [2.75, 3.05) is 5.32 Å². The summed E-state index contributed by atoms with van der Waals surface area (Å²) < 4.78 is 5.81. The number of anilines is 1. The number of nitrogens with one attached hydrogen (secondary N) is 1. The van der Waals surface area contributed by atoms with Gasteiger partial charge in [0, 0.05) is 22.6 Å². The second-order valence-corrected chi connectivity index (χ2v) is 5.71. The standard InChI is InChI=1S/C16H15BrN2O3/c1-10-4-3-5-14(6-10)19-15(20)11(2)22-16(21)12-7-13(17)9-18-8-12/h3-9,11H,1-2H3,(H,19,20)/t11-/m1/s1. The number of carbonyl (C=O) groups is 2. The number of hydrogen-bond acceptors (Lipinski definition) is 4. The number of hydrogen-bond donors (Lipinski definition) is 1. The number of benzene rings is 1. The van der Waals surface area contributed by atoms with E-state index in [0.29, 0.717) is 10.2 Å². The molecule has 0 radical (unpaired) electrons. The third-order valence-corrected chi connectivity index (χ3v) is 3.31. The number of aryl methyl sites for hydroxylation is 1. The third kappa shape index (κ3) is 4.39. The highest BCUT2D eigenvalue weighted by Gasteiger charge is 2.19. The molecule has 2 aromatic rings. The van der Waals surface area contributed by atoms with Crippen molar-refractivity contribution >= 4 is 33.5 Å². The van der Waals surface area contributed by atoms with E-state index in [9.17, 15) is 9.59 Å². The summed E-state index contributed by atoms with van der Waals surface area (Å²) >= 11 is 3.23. The van der Waals surface area contributed by atoms with E-state index in [1.165, 1.54) is 13.1 Å². The number of rotatable bonds is 4. The summed E-state index contributed by atoms with van der Waals surface area (Å²) in [6.45, 7) is 3.45. The first-order valence-corrected chi connectivity index (χ1v) is 7.44. The molecule has 0 saturated carbocycles. The van der Waals surface area contributed by atoms with E-state index < -0.39 is 12.1 Å². The van der Waals surface area contributed by atoms with E-state index in [-0.39, 0.29) is 11.5 Å². The zero-order valence-electron chi connectivity index (χ0n) is 12.2. The molecule has 0 aliphatic carbocycles. The van der Waals surface area contributed by atoms with Gasteiger partial charge in [0.25, 0.3) is 5.91 Å². The third-order valence-electron chi connectivity index (χ3n) is 2.88. The van der Waals surface area contributed by atoms with Gasteiger partial charge >= 0.3 is 5.97 Å². The van der Waals surface area contributed by atoms with Gasteiger partial charge in [-0.1, -0.05) is 12.1 Å². The number of nitrogens with zero attached hydrogens (tertiary/aromatic N) is 1. The summed E-state index contributed by atoms with van der Waals surface area (Å²) in [4.78, 5) is 27.9. The molecule has 6 heteroatoms. The molecule has 1 aromatic heterocycles. The summed E-state index contributed by atoms with van der Waals surface area (Å²) in [5.41, 5.74) is 1.98. The van der Waals surface area contributed by atoms with Gasteiger partial charge in [-0.15, -0.1) is 0 Å². The fraction of sp³-hybridized carbons (Fsp3) is 0.188. The van der Waals surface area contributed by atoms with Crippen LogP contribution in [0.25, 0.3) is 0 Å². The lowest BCUT2D eigenvalue weighted by Gasteiger charge is -2.13. The van der Waals surface area contributed by atoms with Crippen LogP contribution in [0.5, 0.6) is 0 Å². The first-order valence-electron chi connectivity index (χ1n) is 6.65. The first kappa shape index (κ1) is 16.2. The molecule has 5 nitrogen and oxygen atoms in total. The molecule has 0 spiro atoms. The van der Waals surface area contributed by atoms with E-state index in [1.54, 1.807) is 18.3 Å². The van der Waals surface area contributed by atoms with Crippen LogP contribution in [0, 0.1) is 6.92 Å². The minimum absolute atomic E-state index is 0.282. The topological polar surface area (TPSA) is 68.3 Å². The highest BCUT2D eigenvalue weighted by atomic mass is 79.9. The monoisotopic (exact) mass is 362 g/mol. The Morgan fingerprint density at radius 1 is 1.27 bits per heavy atom. The smallest absolute Gasteiger partial charge is 0.340 e. The molecule has 22 heavy (non-hydrogen) atoms. The Kier molecular flexibility index (Phi) is 5.27. The lowest BCUT2D eigenvalue weighted by atomic mass is 10.2. The zero-order chi connectivity index (χ0) is 16.1. The molecule has 0 saturated heterocycles. The quantitative estimate of drug-likeness (QED) is 0.846. The number of halogens is 1. The number of ether oxygens (including phenoxy) is 1. The maximum absolute atomic E-state index is 12.0. The van der Waals surface area contributed by atoms with Crippen LogP contribution in [0.2, 0.25) is 0 Å². The minimum Gasteiger partial charge on any atom is -0.449 e. The Labute approximate surface area is 136 Å². The predicted molar refractivity (Wildman–Crippen MR) is 86.6 cm³/mol. The molecule has 1 amide bonds. The molecule has 1 N–H and O–H groups in total. The van der Waals surface area contributed by atoms with Crippen LogP contribution in [-0.4, -0.2) is 23.0 Å². The van der Waals surface area contributed by atoms with Gasteiger partial charge in [-0.2, -0.15) is 0 Å². The average molecular weight is 363 g/mol. The number of carbonyl (C=O) groups excluding carboxylic acids is 2. The van der Waals surface area contributed by atoms with Crippen molar-refractivity contribution in [2.45, 2.75) is 20.0 Å². The number of pyridine rings is 1. The van der Waals surface area contributed by atoms with Gasteiger partial charge in [0.15, 0.2) is 6.10 Å². The van der Waals surface area contributed by atoms with Crippen LogP contribution in [-0.2, 0) is 9.53 Å². The Balaban J connectivity index is 1.98. The van der Waals surface area contributed by atoms with Crippen LogP contribution in [0.15, 0.2) is 47.2 Å². The van der Waals surface area contributed by atoms with Gasteiger partial charge in [-0.25, -0.2) is 4.79 Å². The second kappa shape index (κ2) is 7.17. The van der Waals surface area contributed by atoms with Crippen molar-refractivity contribution in [3.63, 3.8) is 0 Å². The summed E-state index contributed by atoms with van der Waals surface area (Å²) in [6, 6.07) is 8.97. The van der Waals surface area contributed by atoms with E-state index in [4.69, 9.17) is 4.74 Å². The summed E-state index contributed by atoms with van der Waals surface area (Å²) in [5, 5.41) is 2.71. The SMILES string of the molecule is Cc1cccc(NC(=O)[C@@H](C)OC(=O)c2cncc(Br)c2)c1. The summed E-state index contributed by atoms with van der Waals surface area (Å²) in [5.74, 6) is -0.984. The molecule has 0 fully saturated rings. The van der Waals surface area contributed by atoms with Gasteiger partial charge < -0.3 is 10.1 Å². The summed E-state index contributed by atoms with van der Waals surface area (Å²) in [7, 11) is 0. The van der Waals surface area contributed by atoms with E-state index in [2.05, 4.69) is 26.2 Å². The lowest BCUT2D eigenvalue weighted by molar-refractivity contribution is -0.123. The minimum atomic E-state index is -0.910. The van der Waals surface area contributed by atoms with Crippen LogP contribution >= 0.6 is 15.9 Å². The van der Waals surface area contributed by atoms with Crippen molar-refractivity contribution in [1.29, 1.82) is 0 Å². The number of amides is 1. The molecule has 114 valence electrons. The van der Waals surface area contributed by atoms with Crippen molar-refractivity contribution < 1.29 is 14.3 Å². The van der Waals surface area contributed by atoms with Crippen LogP contribution in [0.1, 0.15) is 22.8 Å². The molecule has 1 atom stereocenters. The maximum Gasteiger partial charge on any atom is 0.340 e. The van der Waals surface area contributed by atoms with Crippen LogP contribution < -0.4 is 5.32 Å². The number of esters is 1. The highest BCUT2D eigenvalue weighted by molar-refractivity contribution is 9.10. The predicted octanol–water partition coefficient (Wildman–Crippen LogP) is 3.34. The fourth-order valence-electron chi connectivity index (χ4n) is 1.77. The molecule has 0 unspecified atom stereocenters. The molecule has 1 aromatic carbocycles. The molecule has 1 heterocycles. The first-order chi connectivity index (χ1) is 10.5. The van der Waals surface area contributed by atoms with Crippen molar-refractivity contribution in [2.24, 2.45) is 0 Å². The number of aromatic nitrogens is 1. The molecular formula is C16H15BrN2O3. The van der Waals surface area contributed by atoms with Crippen LogP contribution in [0.4, 0.5) is 5.69 Å². The van der Waals surface area contributed by atoms with Gasteiger partial charge in [0.1, 0.15) is 0 Å². The summed E-state index contributed by atoms with van der Waals surface area (Å²) in [6.07, 6.45) is 2.04. The van der Waals surface area contributed by atoms with E-state index in [0.717, 1.165) is 5.56 Å². The van der Waals surface area contributed by atoms with Gasteiger partial charge in [0.05, 0.1) is 5.56 Å². The largest absolute Gasteiger partial charge is 0.449 e. The second-order valence-electron chi connectivity index (χ2n) is 4.80. The Hall–Kier alpha value is -2.21. The molecule has 0 aliphatic heterocycles. The lowest BCUT2D eigenvalue weighted by Crippen LogP contribution is -2.30.